The lowest BCUT2D eigenvalue weighted by atomic mass is 10.2. The molecular weight excluding hydrogens is 410 g/mol. The summed E-state index contributed by atoms with van der Waals surface area (Å²) in [4.78, 5) is 23.8. The molecule has 0 aliphatic heterocycles. The van der Waals surface area contributed by atoms with E-state index in [1.807, 2.05) is 37.3 Å². The van der Waals surface area contributed by atoms with Gasteiger partial charge in [-0.25, -0.2) is 0 Å². The predicted molar refractivity (Wildman–Crippen MR) is 114 cm³/mol. The van der Waals surface area contributed by atoms with Crippen LogP contribution in [0.3, 0.4) is 0 Å². The molecule has 0 aliphatic carbocycles. The lowest BCUT2D eigenvalue weighted by Crippen LogP contribution is -2.42. The number of para-hydroxylation sites is 2. The number of hydrazine groups is 1. The number of hydrogen-bond donors (Lipinski definition) is 3. The van der Waals surface area contributed by atoms with Crippen LogP contribution in [0.5, 0.6) is 5.75 Å². The SMILES string of the molecule is CCOc1ccccc1Nc1nnc(SCC(=O)NNC(=O)c2ccccc2)s1. The van der Waals surface area contributed by atoms with E-state index in [1.54, 1.807) is 24.3 Å². The van der Waals surface area contributed by atoms with Crippen molar-refractivity contribution in [2.75, 3.05) is 17.7 Å². The first-order chi connectivity index (χ1) is 14.2. The molecule has 3 rings (SSSR count). The van der Waals surface area contributed by atoms with E-state index in [0.29, 0.717) is 21.6 Å². The standard InChI is InChI=1S/C19H19N5O3S2/c1-2-27-15-11-7-6-10-14(15)20-18-23-24-19(29-18)28-12-16(25)21-22-17(26)13-8-4-3-5-9-13/h3-11H,2,12H2,1H3,(H,20,23)(H,21,25)(H,22,26). The van der Waals surface area contributed by atoms with E-state index in [0.717, 1.165) is 11.4 Å². The summed E-state index contributed by atoms with van der Waals surface area (Å²) < 4.78 is 6.20. The lowest BCUT2D eigenvalue weighted by Gasteiger charge is -2.09. The van der Waals surface area contributed by atoms with E-state index in [4.69, 9.17) is 4.74 Å². The summed E-state index contributed by atoms with van der Waals surface area (Å²) in [6.07, 6.45) is 0. The molecule has 0 aliphatic rings. The summed E-state index contributed by atoms with van der Waals surface area (Å²) in [5, 5.41) is 11.9. The van der Waals surface area contributed by atoms with Crippen LogP contribution >= 0.6 is 23.1 Å². The second kappa shape index (κ2) is 10.4. The van der Waals surface area contributed by atoms with Crippen LogP contribution in [-0.4, -0.2) is 34.4 Å². The molecule has 0 bridgehead atoms. The van der Waals surface area contributed by atoms with Crippen LogP contribution in [0.25, 0.3) is 0 Å². The molecule has 0 spiro atoms. The molecule has 0 saturated heterocycles. The van der Waals surface area contributed by atoms with Crippen molar-refractivity contribution in [1.29, 1.82) is 0 Å². The Morgan fingerprint density at radius 3 is 2.59 bits per heavy atom. The minimum absolute atomic E-state index is 0.0965. The van der Waals surface area contributed by atoms with Gasteiger partial charge in [0.05, 0.1) is 18.0 Å². The Hall–Kier alpha value is -3.11. The van der Waals surface area contributed by atoms with Crippen LogP contribution < -0.4 is 20.9 Å². The van der Waals surface area contributed by atoms with Gasteiger partial charge in [-0.3, -0.25) is 20.4 Å². The average Bonchev–Trinajstić information content (AvgIpc) is 3.20. The molecule has 0 unspecified atom stereocenters. The first-order valence-corrected chi connectivity index (χ1v) is 10.6. The summed E-state index contributed by atoms with van der Waals surface area (Å²) in [5.74, 6) is 0.108. The Morgan fingerprint density at radius 2 is 1.79 bits per heavy atom. The van der Waals surface area contributed by atoms with Crippen molar-refractivity contribution in [3.05, 3.63) is 60.2 Å². The van der Waals surface area contributed by atoms with Gasteiger partial charge in [0, 0.05) is 5.56 Å². The first kappa shape index (κ1) is 20.6. The van der Waals surface area contributed by atoms with E-state index in [-0.39, 0.29) is 17.6 Å². The number of rotatable bonds is 8. The third kappa shape index (κ3) is 6.19. The number of hydrogen-bond acceptors (Lipinski definition) is 8. The fourth-order valence-electron chi connectivity index (χ4n) is 2.24. The molecule has 0 saturated carbocycles. The molecule has 2 amide bonds. The van der Waals surface area contributed by atoms with Crippen LogP contribution in [0.4, 0.5) is 10.8 Å². The lowest BCUT2D eigenvalue weighted by molar-refractivity contribution is -0.119. The van der Waals surface area contributed by atoms with E-state index >= 15 is 0 Å². The van der Waals surface area contributed by atoms with Crippen LogP contribution in [-0.2, 0) is 4.79 Å². The molecule has 150 valence electrons. The maximum atomic E-state index is 11.9. The van der Waals surface area contributed by atoms with Crippen molar-refractivity contribution in [2.45, 2.75) is 11.3 Å². The first-order valence-electron chi connectivity index (χ1n) is 8.75. The minimum atomic E-state index is -0.376. The highest BCUT2D eigenvalue weighted by molar-refractivity contribution is 8.01. The van der Waals surface area contributed by atoms with Gasteiger partial charge in [-0.2, -0.15) is 0 Å². The predicted octanol–water partition coefficient (Wildman–Crippen LogP) is 3.23. The van der Waals surface area contributed by atoms with E-state index in [1.165, 1.54) is 23.1 Å². The quantitative estimate of drug-likeness (QED) is 0.373. The van der Waals surface area contributed by atoms with Crippen molar-refractivity contribution in [3.8, 4) is 5.75 Å². The molecule has 1 aromatic heterocycles. The van der Waals surface area contributed by atoms with Gasteiger partial charge >= 0.3 is 0 Å². The summed E-state index contributed by atoms with van der Waals surface area (Å²) in [6.45, 7) is 2.48. The van der Waals surface area contributed by atoms with Gasteiger partial charge in [0.1, 0.15) is 5.75 Å². The third-order valence-electron chi connectivity index (χ3n) is 3.51. The van der Waals surface area contributed by atoms with E-state index in [2.05, 4.69) is 26.4 Å². The van der Waals surface area contributed by atoms with Crippen molar-refractivity contribution in [2.24, 2.45) is 0 Å². The number of amides is 2. The zero-order chi connectivity index (χ0) is 20.5. The molecular formula is C19H19N5O3S2. The number of ether oxygens (including phenoxy) is 1. The zero-order valence-corrected chi connectivity index (χ0v) is 17.2. The second-order valence-electron chi connectivity index (χ2n) is 5.58. The molecule has 3 aromatic rings. The summed E-state index contributed by atoms with van der Waals surface area (Å²) >= 11 is 2.56. The van der Waals surface area contributed by atoms with Gasteiger partial charge in [-0.05, 0) is 31.2 Å². The maximum Gasteiger partial charge on any atom is 0.269 e. The third-order valence-corrected chi connectivity index (χ3v) is 5.49. The zero-order valence-electron chi connectivity index (χ0n) is 15.5. The van der Waals surface area contributed by atoms with Crippen LogP contribution in [0.2, 0.25) is 0 Å². The second-order valence-corrected chi connectivity index (χ2v) is 7.78. The molecule has 10 heteroatoms. The number of aromatic nitrogens is 2. The highest BCUT2D eigenvalue weighted by atomic mass is 32.2. The maximum absolute atomic E-state index is 11.9. The van der Waals surface area contributed by atoms with Gasteiger partial charge in [-0.1, -0.05) is 53.4 Å². The van der Waals surface area contributed by atoms with E-state index in [9.17, 15) is 9.59 Å². The molecule has 8 nitrogen and oxygen atoms in total. The van der Waals surface area contributed by atoms with Crippen molar-refractivity contribution in [3.63, 3.8) is 0 Å². The van der Waals surface area contributed by atoms with Gasteiger partial charge in [0.25, 0.3) is 5.91 Å². The number of carbonyl (C=O) groups is 2. The van der Waals surface area contributed by atoms with Crippen LogP contribution in [0.1, 0.15) is 17.3 Å². The molecule has 2 aromatic carbocycles. The summed E-state index contributed by atoms with van der Waals surface area (Å²) in [6, 6.07) is 16.2. The number of nitrogens with one attached hydrogen (secondary N) is 3. The van der Waals surface area contributed by atoms with Crippen molar-refractivity contribution < 1.29 is 14.3 Å². The number of thioether (sulfide) groups is 1. The average molecular weight is 430 g/mol. The normalized spacial score (nSPS) is 10.2. The number of anilines is 2. The Bertz CT molecular complexity index is 965. The molecule has 0 atom stereocenters. The Balaban J connectivity index is 1.47. The molecule has 29 heavy (non-hydrogen) atoms. The smallest absolute Gasteiger partial charge is 0.269 e. The minimum Gasteiger partial charge on any atom is -0.492 e. The van der Waals surface area contributed by atoms with Crippen LogP contribution in [0, 0.1) is 0 Å². The summed E-state index contributed by atoms with van der Waals surface area (Å²) in [5.41, 5.74) is 6.02. The van der Waals surface area contributed by atoms with E-state index < -0.39 is 0 Å². The van der Waals surface area contributed by atoms with Gasteiger partial charge < -0.3 is 10.1 Å². The summed E-state index contributed by atoms with van der Waals surface area (Å²) in [7, 11) is 0. The Kier molecular flexibility index (Phi) is 7.42. The molecule has 0 radical (unpaired) electrons. The Morgan fingerprint density at radius 1 is 1.03 bits per heavy atom. The molecule has 0 fully saturated rings. The number of benzene rings is 2. The largest absolute Gasteiger partial charge is 0.492 e. The molecule has 1 heterocycles. The monoisotopic (exact) mass is 429 g/mol. The fourth-order valence-corrected chi connectivity index (χ4v) is 3.80. The molecule has 3 N–H and O–H groups in total. The van der Waals surface area contributed by atoms with Gasteiger partial charge in [0.15, 0.2) is 4.34 Å². The van der Waals surface area contributed by atoms with Crippen molar-refractivity contribution in [1.82, 2.24) is 21.0 Å². The highest BCUT2D eigenvalue weighted by Crippen LogP contribution is 2.31. The number of carbonyl (C=O) groups excluding carboxylic acids is 2. The van der Waals surface area contributed by atoms with Crippen LogP contribution in [0.15, 0.2) is 58.9 Å². The topological polar surface area (TPSA) is 105 Å². The van der Waals surface area contributed by atoms with Gasteiger partial charge in [-0.15, -0.1) is 10.2 Å². The fraction of sp³-hybridized carbons (Fsp3) is 0.158. The van der Waals surface area contributed by atoms with Gasteiger partial charge in [0.2, 0.25) is 11.0 Å². The Labute approximate surface area is 176 Å². The highest BCUT2D eigenvalue weighted by Gasteiger charge is 2.11. The van der Waals surface area contributed by atoms with Crippen molar-refractivity contribution >= 4 is 45.7 Å². The number of nitrogens with zero attached hydrogens (tertiary/aromatic N) is 2.